The Morgan fingerprint density at radius 2 is 2.17 bits per heavy atom. The molecule has 2 rings (SSSR count). The minimum absolute atomic E-state index is 0.191. The maximum absolute atomic E-state index is 5.83. The number of alkyl halides is 1. The monoisotopic (exact) mass is 269 g/mol. The lowest BCUT2D eigenvalue weighted by molar-refractivity contribution is -0.0159. The largest absolute Gasteiger partial charge is 0.497 e. The fourth-order valence-electron chi connectivity index (χ4n) is 2.16. The highest BCUT2D eigenvalue weighted by Gasteiger charge is 2.18. The van der Waals surface area contributed by atoms with Gasteiger partial charge in [0.05, 0.1) is 19.8 Å². The zero-order valence-electron chi connectivity index (χ0n) is 10.8. The molecule has 1 aliphatic rings. The molecule has 1 fully saturated rings. The van der Waals surface area contributed by atoms with Gasteiger partial charge in [0.25, 0.3) is 0 Å². The van der Waals surface area contributed by atoms with Crippen LogP contribution in [0, 0.1) is 0 Å². The lowest BCUT2D eigenvalue weighted by Crippen LogP contribution is -2.43. The third kappa shape index (κ3) is 3.87. The van der Waals surface area contributed by atoms with Crippen LogP contribution in [-0.2, 0) is 11.2 Å². The Morgan fingerprint density at radius 3 is 2.83 bits per heavy atom. The molecule has 1 heterocycles. The van der Waals surface area contributed by atoms with E-state index in [1.54, 1.807) is 7.11 Å². The molecule has 0 spiro atoms. The van der Waals surface area contributed by atoms with Gasteiger partial charge in [0, 0.05) is 25.5 Å². The number of hydrogen-bond acceptors (Lipinski definition) is 3. The van der Waals surface area contributed by atoms with Crippen molar-refractivity contribution in [2.45, 2.75) is 12.5 Å². The van der Waals surface area contributed by atoms with Crippen LogP contribution in [0.25, 0.3) is 0 Å². The molecule has 3 nitrogen and oxygen atoms in total. The highest BCUT2D eigenvalue weighted by atomic mass is 35.5. The van der Waals surface area contributed by atoms with E-state index in [1.807, 2.05) is 12.1 Å². The summed E-state index contributed by atoms with van der Waals surface area (Å²) in [6.07, 6.45) is 1.25. The summed E-state index contributed by atoms with van der Waals surface area (Å²) in [4.78, 5) is 2.42. The first-order valence-electron chi connectivity index (χ1n) is 6.34. The van der Waals surface area contributed by atoms with E-state index in [9.17, 15) is 0 Å². The van der Waals surface area contributed by atoms with Gasteiger partial charge < -0.3 is 9.47 Å². The molecule has 0 aliphatic carbocycles. The Kier molecular flexibility index (Phi) is 5.29. The van der Waals surface area contributed by atoms with Gasteiger partial charge in [0.15, 0.2) is 0 Å². The molecule has 1 saturated heterocycles. The molecule has 1 unspecified atom stereocenters. The number of methoxy groups -OCH3 is 1. The molecule has 0 bridgehead atoms. The normalized spacial score (nSPS) is 20.9. The molecule has 1 aliphatic heterocycles. The van der Waals surface area contributed by atoms with E-state index in [-0.39, 0.29) is 6.10 Å². The summed E-state index contributed by atoms with van der Waals surface area (Å²) in [6, 6.07) is 8.27. The Labute approximate surface area is 114 Å². The van der Waals surface area contributed by atoms with Gasteiger partial charge in [-0.05, 0) is 24.1 Å². The van der Waals surface area contributed by atoms with Gasteiger partial charge in [-0.2, -0.15) is 0 Å². The van der Waals surface area contributed by atoms with Crippen LogP contribution in [0.15, 0.2) is 24.3 Å². The van der Waals surface area contributed by atoms with E-state index in [0.717, 1.165) is 38.4 Å². The highest BCUT2D eigenvalue weighted by molar-refractivity contribution is 6.18. The third-order valence-electron chi connectivity index (χ3n) is 3.27. The van der Waals surface area contributed by atoms with Crippen molar-refractivity contribution >= 4 is 11.6 Å². The van der Waals surface area contributed by atoms with Gasteiger partial charge in [-0.25, -0.2) is 0 Å². The molecule has 18 heavy (non-hydrogen) atoms. The van der Waals surface area contributed by atoms with Crippen molar-refractivity contribution in [1.82, 2.24) is 4.90 Å². The van der Waals surface area contributed by atoms with Crippen molar-refractivity contribution in [1.29, 1.82) is 0 Å². The maximum atomic E-state index is 5.83. The molecule has 1 aromatic carbocycles. The van der Waals surface area contributed by atoms with Crippen molar-refractivity contribution in [2.24, 2.45) is 0 Å². The number of benzene rings is 1. The molecule has 0 N–H and O–H groups in total. The average molecular weight is 270 g/mol. The van der Waals surface area contributed by atoms with Crippen molar-refractivity contribution in [3.05, 3.63) is 29.8 Å². The van der Waals surface area contributed by atoms with E-state index in [1.165, 1.54) is 5.56 Å². The second kappa shape index (κ2) is 6.98. The standard InChI is InChI=1S/C14H20ClNO2/c1-17-13-4-2-12(3-5-13)6-7-16-8-9-18-14(10-15)11-16/h2-5,14H,6-11H2,1H3. The fraction of sp³-hybridized carbons (Fsp3) is 0.571. The van der Waals surface area contributed by atoms with Gasteiger partial charge >= 0.3 is 0 Å². The summed E-state index contributed by atoms with van der Waals surface area (Å²) in [5.41, 5.74) is 1.34. The van der Waals surface area contributed by atoms with Crippen molar-refractivity contribution in [3.8, 4) is 5.75 Å². The quantitative estimate of drug-likeness (QED) is 0.765. The van der Waals surface area contributed by atoms with Crippen molar-refractivity contribution in [2.75, 3.05) is 39.2 Å². The molecule has 0 saturated carbocycles. The highest BCUT2D eigenvalue weighted by Crippen LogP contribution is 2.13. The molecular weight excluding hydrogens is 250 g/mol. The Morgan fingerprint density at radius 1 is 1.39 bits per heavy atom. The molecule has 1 aromatic rings. The first-order valence-corrected chi connectivity index (χ1v) is 6.88. The molecule has 0 radical (unpaired) electrons. The van der Waals surface area contributed by atoms with Crippen molar-refractivity contribution in [3.63, 3.8) is 0 Å². The number of rotatable bonds is 5. The zero-order chi connectivity index (χ0) is 12.8. The topological polar surface area (TPSA) is 21.7 Å². The lowest BCUT2D eigenvalue weighted by atomic mass is 10.1. The smallest absolute Gasteiger partial charge is 0.118 e. The summed E-state index contributed by atoms with van der Waals surface area (Å²) in [7, 11) is 1.69. The lowest BCUT2D eigenvalue weighted by Gasteiger charge is -2.31. The van der Waals surface area contributed by atoms with Crippen LogP contribution in [-0.4, -0.2) is 50.2 Å². The van der Waals surface area contributed by atoms with E-state index in [2.05, 4.69) is 17.0 Å². The number of nitrogens with zero attached hydrogens (tertiary/aromatic N) is 1. The maximum Gasteiger partial charge on any atom is 0.118 e. The second-order valence-electron chi connectivity index (χ2n) is 4.55. The minimum Gasteiger partial charge on any atom is -0.497 e. The van der Waals surface area contributed by atoms with Crippen molar-refractivity contribution < 1.29 is 9.47 Å². The third-order valence-corrected chi connectivity index (χ3v) is 3.61. The number of halogens is 1. The number of hydrogen-bond donors (Lipinski definition) is 0. The fourth-order valence-corrected chi connectivity index (χ4v) is 2.34. The number of morpholine rings is 1. The predicted octanol–water partition coefficient (Wildman–Crippen LogP) is 2.18. The van der Waals surface area contributed by atoms with Crippen LogP contribution < -0.4 is 4.74 Å². The SMILES string of the molecule is COc1ccc(CCN2CCOC(CCl)C2)cc1. The Bertz CT molecular complexity index is 355. The summed E-state index contributed by atoms with van der Waals surface area (Å²) in [5.74, 6) is 1.49. The van der Waals surface area contributed by atoms with Gasteiger partial charge in [0.1, 0.15) is 5.75 Å². The second-order valence-corrected chi connectivity index (χ2v) is 4.85. The van der Waals surface area contributed by atoms with Crippen LogP contribution in [0.4, 0.5) is 0 Å². The van der Waals surface area contributed by atoms with Crippen LogP contribution in [0.3, 0.4) is 0 Å². The average Bonchev–Trinajstić information content (AvgIpc) is 2.46. The first-order chi connectivity index (χ1) is 8.81. The predicted molar refractivity (Wildman–Crippen MR) is 73.6 cm³/mol. The summed E-state index contributed by atoms with van der Waals surface area (Å²) < 4.78 is 10.7. The van der Waals surface area contributed by atoms with E-state index >= 15 is 0 Å². The number of ether oxygens (including phenoxy) is 2. The van der Waals surface area contributed by atoms with Crippen LogP contribution >= 0.6 is 11.6 Å². The minimum atomic E-state index is 0.191. The van der Waals surface area contributed by atoms with Gasteiger partial charge in [0.2, 0.25) is 0 Å². The summed E-state index contributed by atoms with van der Waals surface area (Å²) in [6.45, 7) is 3.80. The Balaban J connectivity index is 1.79. The van der Waals surface area contributed by atoms with Gasteiger partial charge in [-0.1, -0.05) is 12.1 Å². The van der Waals surface area contributed by atoms with Crippen LogP contribution in [0.1, 0.15) is 5.56 Å². The first kappa shape index (κ1) is 13.7. The van der Waals surface area contributed by atoms with E-state index in [4.69, 9.17) is 21.1 Å². The molecule has 4 heteroatoms. The summed E-state index contributed by atoms with van der Waals surface area (Å²) >= 11 is 5.83. The van der Waals surface area contributed by atoms with E-state index in [0.29, 0.717) is 5.88 Å². The molecule has 1 atom stereocenters. The molecular formula is C14H20ClNO2. The van der Waals surface area contributed by atoms with Gasteiger partial charge in [-0.3, -0.25) is 4.90 Å². The van der Waals surface area contributed by atoms with Gasteiger partial charge in [-0.15, -0.1) is 11.6 Å². The molecule has 0 aromatic heterocycles. The zero-order valence-corrected chi connectivity index (χ0v) is 11.5. The van der Waals surface area contributed by atoms with Crippen LogP contribution in [0.5, 0.6) is 5.75 Å². The van der Waals surface area contributed by atoms with Crippen LogP contribution in [0.2, 0.25) is 0 Å². The summed E-state index contributed by atoms with van der Waals surface area (Å²) in [5, 5.41) is 0. The molecule has 100 valence electrons. The van der Waals surface area contributed by atoms with E-state index < -0.39 is 0 Å². The molecule has 0 amide bonds. The Hall–Kier alpha value is -0.770.